The van der Waals surface area contributed by atoms with Gasteiger partial charge in [-0.25, -0.2) is 8.42 Å². The minimum Gasteiger partial charge on any atom is -0.427 e. The second-order valence-corrected chi connectivity index (χ2v) is 8.99. The van der Waals surface area contributed by atoms with Crippen molar-refractivity contribution in [2.45, 2.75) is 25.7 Å². The predicted molar refractivity (Wildman–Crippen MR) is 108 cm³/mol. The van der Waals surface area contributed by atoms with Gasteiger partial charge >= 0.3 is 5.97 Å². The minimum atomic E-state index is -3.60. The molecule has 0 aliphatic carbocycles. The highest BCUT2D eigenvalue weighted by molar-refractivity contribution is 7.89. The molecule has 8 heteroatoms. The summed E-state index contributed by atoms with van der Waals surface area (Å²) >= 11 is 0. The van der Waals surface area contributed by atoms with Crippen LogP contribution in [0.4, 0.5) is 0 Å². The number of nitrogens with zero attached hydrogens (tertiary/aromatic N) is 2. The van der Waals surface area contributed by atoms with Crippen LogP contribution in [0.3, 0.4) is 0 Å². The fraction of sp³-hybridized carbons (Fsp3) is 0.333. The van der Waals surface area contributed by atoms with E-state index >= 15 is 0 Å². The lowest BCUT2D eigenvalue weighted by Gasteiger charge is -2.34. The van der Waals surface area contributed by atoms with Crippen LogP contribution in [0.15, 0.2) is 47.4 Å². The van der Waals surface area contributed by atoms with E-state index in [9.17, 15) is 18.0 Å². The van der Waals surface area contributed by atoms with Gasteiger partial charge in [-0.05, 0) is 55.3 Å². The molecule has 1 heterocycles. The second-order valence-electron chi connectivity index (χ2n) is 7.08. The predicted octanol–water partition coefficient (Wildman–Crippen LogP) is 2.38. The number of carbonyl (C=O) groups is 2. The van der Waals surface area contributed by atoms with Crippen molar-refractivity contribution in [2.24, 2.45) is 0 Å². The van der Waals surface area contributed by atoms with Gasteiger partial charge in [0.1, 0.15) is 5.75 Å². The zero-order valence-electron chi connectivity index (χ0n) is 16.7. The highest BCUT2D eigenvalue weighted by Crippen LogP contribution is 2.23. The number of amides is 1. The number of piperazine rings is 1. The first-order valence-corrected chi connectivity index (χ1v) is 10.8. The smallest absolute Gasteiger partial charge is 0.308 e. The average molecular weight is 416 g/mol. The molecule has 1 saturated heterocycles. The Morgan fingerprint density at radius 2 is 1.55 bits per heavy atom. The third-order valence-electron chi connectivity index (χ3n) is 4.85. The summed E-state index contributed by atoms with van der Waals surface area (Å²) in [5.41, 5.74) is 2.06. The molecular formula is C21H24N2O5S. The van der Waals surface area contributed by atoms with E-state index in [4.69, 9.17) is 4.74 Å². The molecule has 0 atom stereocenters. The number of hydrogen-bond acceptors (Lipinski definition) is 5. The van der Waals surface area contributed by atoms with Crippen molar-refractivity contribution < 1.29 is 22.7 Å². The van der Waals surface area contributed by atoms with Crippen LogP contribution in [-0.2, 0) is 14.8 Å². The molecular weight excluding hydrogens is 392 g/mol. The molecule has 0 spiro atoms. The summed E-state index contributed by atoms with van der Waals surface area (Å²) in [4.78, 5) is 25.6. The molecule has 7 nitrogen and oxygen atoms in total. The van der Waals surface area contributed by atoms with E-state index < -0.39 is 16.0 Å². The number of sulfonamides is 1. The molecule has 154 valence electrons. The molecule has 3 rings (SSSR count). The maximum absolute atomic E-state index is 13.0. The third kappa shape index (κ3) is 4.65. The molecule has 0 N–H and O–H groups in total. The van der Waals surface area contributed by atoms with Crippen LogP contribution in [0.2, 0.25) is 0 Å². The number of rotatable bonds is 4. The molecule has 1 aliphatic heterocycles. The largest absolute Gasteiger partial charge is 0.427 e. The second kappa shape index (κ2) is 8.34. The summed E-state index contributed by atoms with van der Waals surface area (Å²) in [7, 11) is -3.60. The molecule has 2 aromatic carbocycles. The fourth-order valence-corrected chi connectivity index (χ4v) is 5.00. The zero-order valence-corrected chi connectivity index (χ0v) is 17.5. The maximum atomic E-state index is 13.0. The SMILES string of the molecule is CC(=O)Oc1ccc(C(=O)N2CCN(S(=O)(=O)c3cc(C)ccc3C)CC2)cc1. The molecule has 1 amide bonds. The van der Waals surface area contributed by atoms with Crippen molar-refractivity contribution in [3.8, 4) is 5.75 Å². The number of ether oxygens (including phenoxy) is 1. The van der Waals surface area contributed by atoms with Crippen LogP contribution in [0.5, 0.6) is 5.75 Å². The highest BCUT2D eigenvalue weighted by atomic mass is 32.2. The van der Waals surface area contributed by atoms with E-state index in [-0.39, 0.29) is 19.0 Å². The standard InChI is InChI=1S/C21H24N2O5S/c1-15-4-5-16(2)20(14-15)29(26,27)23-12-10-22(11-13-23)21(25)18-6-8-19(9-7-18)28-17(3)24/h4-9,14H,10-13H2,1-3H3. The zero-order chi connectivity index (χ0) is 21.2. The van der Waals surface area contributed by atoms with Gasteiger partial charge in [0.15, 0.2) is 0 Å². The normalized spacial score (nSPS) is 15.2. The average Bonchev–Trinajstić information content (AvgIpc) is 2.69. The summed E-state index contributed by atoms with van der Waals surface area (Å²) in [6, 6.07) is 11.7. The Bertz CT molecular complexity index is 1020. The van der Waals surface area contributed by atoms with E-state index in [0.29, 0.717) is 34.9 Å². The van der Waals surface area contributed by atoms with Crippen molar-refractivity contribution in [1.82, 2.24) is 9.21 Å². The van der Waals surface area contributed by atoms with Gasteiger partial charge in [-0.1, -0.05) is 12.1 Å². The van der Waals surface area contributed by atoms with E-state index in [2.05, 4.69) is 0 Å². The minimum absolute atomic E-state index is 0.178. The molecule has 0 saturated carbocycles. The lowest BCUT2D eigenvalue weighted by Crippen LogP contribution is -2.50. The Hall–Kier alpha value is -2.71. The highest BCUT2D eigenvalue weighted by Gasteiger charge is 2.31. The maximum Gasteiger partial charge on any atom is 0.308 e. The monoisotopic (exact) mass is 416 g/mol. The van der Waals surface area contributed by atoms with Crippen molar-refractivity contribution in [3.63, 3.8) is 0 Å². The van der Waals surface area contributed by atoms with E-state index in [1.165, 1.54) is 11.2 Å². The van der Waals surface area contributed by atoms with Crippen molar-refractivity contribution in [3.05, 3.63) is 59.2 Å². The lowest BCUT2D eigenvalue weighted by atomic mass is 10.2. The van der Waals surface area contributed by atoms with Gasteiger partial charge in [-0.15, -0.1) is 0 Å². The molecule has 0 unspecified atom stereocenters. The third-order valence-corrected chi connectivity index (χ3v) is 6.89. The Balaban J connectivity index is 1.67. The first kappa shape index (κ1) is 21.0. The quantitative estimate of drug-likeness (QED) is 0.564. The molecule has 0 radical (unpaired) electrons. The number of carbonyl (C=O) groups excluding carboxylic acids is 2. The van der Waals surface area contributed by atoms with Crippen LogP contribution in [0.25, 0.3) is 0 Å². The van der Waals surface area contributed by atoms with Crippen LogP contribution < -0.4 is 4.74 Å². The number of aryl methyl sites for hydroxylation is 2. The molecule has 0 bridgehead atoms. The summed E-state index contributed by atoms with van der Waals surface area (Å²) in [5.74, 6) is -0.230. The van der Waals surface area contributed by atoms with Gasteiger partial charge in [-0.2, -0.15) is 4.31 Å². The first-order chi connectivity index (χ1) is 13.7. The summed E-state index contributed by atoms with van der Waals surface area (Å²) in [6.45, 7) is 6.07. The lowest BCUT2D eigenvalue weighted by molar-refractivity contribution is -0.131. The van der Waals surface area contributed by atoms with E-state index in [0.717, 1.165) is 5.56 Å². The van der Waals surface area contributed by atoms with Crippen molar-refractivity contribution in [2.75, 3.05) is 26.2 Å². The van der Waals surface area contributed by atoms with E-state index in [1.807, 2.05) is 19.1 Å². The topological polar surface area (TPSA) is 84.0 Å². The Morgan fingerprint density at radius 3 is 2.14 bits per heavy atom. The van der Waals surface area contributed by atoms with Crippen LogP contribution >= 0.6 is 0 Å². The van der Waals surface area contributed by atoms with Gasteiger partial charge in [0.25, 0.3) is 5.91 Å². The Morgan fingerprint density at radius 1 is 0.931 bits per heavy atom. The van der Waals surface area contributed by atoms with Gasteiger partial charge < -0.3 is 9.64 Å². The molecule has 0 aromatic heterocycles. The van der Waals surface area contributed by atoms with Gasteiger partial charge in [0, 0.05) is 38.7 Å². The van der Waals surface area contributed by atoms with Crippen molar-refractivity contribution in [1.29, 1.82) is 0 Å². The summed E-state index contributed by atoms with van der Waals surface area (Å²) < 4.78 is 32.4. The summed E-state index contributed by atoms with van der Waals surface area (Å²) in [5, 5.41) is 0. The fourth-order valence-electron chi connectivity index (χ4n) is 3.27. The molecule has 29 heavy (non-hydrogen) atoms. The van der Waals surface area contributed by atoms with Crippen molar-refractivity contribution >= 4 is 21.9 Å². The van der Waals surface area contributed by atoms with Gasteiger partial charge in [0.2, 0.25) is 10.0 Å². The molecule has 2 aromatic rings. The summed E-state index contributed by atoms with van der Waals surface area (Å²) in [6.07, 6.45) is 0. The number of esters is 1. The van der Waals surface area contributed by atoms with Crippen LogP contribution in [-0.4, -0.2) is 55.7 Å². The van der Waals surface area contributed by atoms with E-state index in [1.54, 1.807) is 42.2 Å². The Kier molecular flexibility index (Phi) is 6.04. The molecule has 1 aliphatic rings. The number of benzene rings is 2. The number of hydrogen-bond donors (Lipinski definition) is 0. The first-order valence-electron chi connectivity index (χ1n) is 9.33. The molecule has 1 fully saturated rings. The van der Waals surface area contributed by atoms with Crippen LogP contribution in [0, 0.1) is 13.8 Å². The van der Waals surface area contributed by atoms with Gasteiger partial charge in [-0.3, -0.25) is 9.59 Å². The van der Waals surface area contributed by atoms with Crippen LogP contribution in [0.1, 0.15) is 28.4 Å². The van der Waals surface area contributed by atoms with Gasteiger partial charge in [0.05, 0.1) is 4.90 Å². The Labute approximate surface area is 170 Å².